The van der Waals surface area contributed by atoms with E-state index in [-0.39, 0.29) is 10.8 Å². The Kier molecular flexibility index (Phi) is 6.79. The summed E-state index contributed by atoms with van der Waals surface area (Å²) in [6.07, 6.45) is 0.690. The number of hydrogen-bond donors (Lipinski definition) is 0. The highest BCUT2D eigenvalue weighted by molar-refractivity contribution is 7.89. The first kappa shape index (κ1) is 20.9. The molecule has 0 unspecified atom stereocenters. The molecule has 1 aromatic rings. The largest absolute Gasteiger partial charge is 0.486 e. The number of rotatable bonds is 6. The molecule has 9 heteroatoms. The zero-order chi connectivity index (χ0) is 20.1. The predicted molar refractivity (Wildman–Crippen MR) is 105 cm³/mol. The summed E-state index contributed by atoms with van der Waals surface area (Å²) in [5, 5.41) is 0. The van der Waals surface area contributed by atoms with Crippen molar-refractivity contribution >= 4 is 15.9 Å². The number of carbonyl (C=O) groups excluding carboxylic acids is 1. The Bertz CT molecular complexity index is 795. The van der Waals surface area contributed by atoms with E-state index >= 15 is 0 Å². The van der Waals surface area contributed by atoms with E-state index < -0.39 is 10.0 Å². The lowest BCUT2D eigenvalue weighted by molar-refractivity contribution is -0.132. The number of nitrogens with zero attached hydrogens (tertiary/aromatic N) is 3. The molecule has 0 aromatic heterocycles. The second kappa shape index (κ2) is 9.11. The highest BCUT2D eigenvalue weighted by atomic mass is 32.2. The standard InChI is InChI=1S/C19H29N3O5S/c1-3-21(4-2)19(23)15-20-8-5-9-22(11-10-20)28(24,25)16-6-7-17-18(14-16)27-13-12-26-17/h6-7,14H,3-5,8-13,15H2,1-2H3. The molecule has 28 heavy (non-hydrogen) atoms. The molecule has 3 rings (SSSR count). The fraction of sp³-hybridized carbons (Fsp3) is 0.632. The lowest BCUT2D eigenvalue weighted by atomic mass is 10.3. The normalized spacial score (nSPS) is 18.5. The Morgan fingerprint density at radius 1 is 1.04 bits per heavy atom. The quantitative estimate of drug-likeness (QED) is 0.696. The number of amides is 1. The molecule has 2 aliphatic rings. The van der Waals surface area contributed by atoms with Crippen LogP contribution in [0.1, 0.15) is 20.3 Å². The molecule has 1 amide bonds. The van der Waals surface area contributed by atoms with Crippen LogP contribution >= 0.6 is 0 Å². The van der Waals surface area contributed by atoms with Crippen molar-refractivity contribution in [3.63, 3.8) is 0 Å². The maximum atomic E-state index is 13.1. The smallest absolute Gasteiger partial charge is 0.243 e. The van der Waals surface area contributed by atoms with Crippen molar-refractivity contribution in [3.05, 3.63) is 18.2 Å². The third-order valence-corrected chi connectivity index (χ3v) is 7.07. The van der Waals surface area contributed by atoms with E-state index in [0.717, 1.165) is 0 Å². The maximum Gasteiger partial charge on any atom is 0.243 e. The summed E-state index contributed by atoms with van der Waals surface area (Å²) in [4.78, 5) is 16.4. The van der Waals surface area contributed by atoms with Crippen LogP contribution in [0.25, 0.3) is 0 Å². The molecule has 0 aliphatic carbocycles. The minimum Gasteiger partial charge on any atom is -0.486 e. The molecule has 0 saturated carbocycles. The van der Waals surface area contributed by atoms with Crippen LogP contribution in [0.3, 0.4) is 0 Å². The van der Waals surface area contributed by atoms with Crippen molar-refractivity contribution in [1.82, 2.24) is 14.1 Å². The Hall–Kier alpha value is -1.84. The molecule has 0 radical (unpaired) electrons. The van der Waals surface area contributed by atoms with Gasteiger partial charge in [-0.25, -0.2) is 8.42 Å². The summed E-state index contributed by atoms with van der Waals surface area (Å²) in [6.45, 7) is 8.56. The minimum atomic E-state index is -3.62. The minimum absolute atomic E-state index is 0.0909. The third kappa shape index (κ3) is 4.59. The number of likely N-dealkylation sites (N-methyl/N-ethyl adjacent to an activating group) is 1. The predicted octanol–water partition coefficient (Wildman–Crippen LogP) is 1.02. The molecule has 1 saturated heterocycles. The summed E-state index contributed by atoms with van der Waals surface area (Å²) in [7, 11) is -3.62. The summed E-state index contributed by atoms with van der Waals surface area (Å²) < 4.78 is 38.7. The van der Waals surface area contributed by atoms with Crippen molar-refractivity contribution in [3.8, 4) is 11.5 Å². The maximum absolute atomic E-state index is 13.1. The van der Waals surface area contributed by atoms with Gasteiger partial charge in [-0.15, -0.1) is 0 Å². The molecule has 156 valence electrons. The van der Waals surface area contributed by atoms with Gasteiger partial charge in [-0.1, -0.05) is 0 Å². The Labute approximate surface area is 167 Å². The number of benzene rings is 1. The van der Waals surface area contributed by atoms with Crippen LogP contribution in [0.4, 0.5) is 0 Å². The molecule has 0 spiro atoms. The van der Waals surface area contributed by atoms with E-state index in [9.17, 15) is 13.2 Å². The van der Waals surface area contributed by atoms with Crippen molar-refractivity contribution in [2.45, 2.75) is 25.2 Å². The Morgan fingerprint density at radius 2 is 1.75 bits per heavy atom. The fourth-order valence-corrected chi connectivity index (χ4v) is 5.03. The van der Waals surface area contributed by atoms with E-state index in [4.69, 9.17) is 9.47 Å². The lowest BCUT2D eigenvalue weighted by Crippen LogP contribution is -2.42. The van der Waals surface area contributed by atoms with Crippen molar-refractivity contribution in [2.75, 3.05) is 59.0 Å². The number of fused-ring (bicyclic) bond motifs is 1. The average Bonchev–Trinajstić information content (AvgIpc) is 2.94. The highest BCUT2D eigenvalue weighted by Gasteiger charge is 2.29. The van der Waals surface area contributed by atoms with Gasteiger partial charge in [0.2, 0.25) is 15.9 Å². The first-order valence-corrected chi connectivity index (χ1v) is 11.3. The second-order valence-electron chi connectivity index (χ2n) is 6.91. The third-order valence-electron chi connectivity index (χ3n) is 5.17. The summed E-state index contributed by atoms with van der Waals surface area (Å²) >= 11 is 0. The summed E-state index contributed by atoms with van der Waals surface area (Å²) in [6, 6.07) is 4.75. The second-order valence-corrected chi connectivity index (χ2v) is 8.84. The molecule has 2 heterocycles. The lowest BCUT2D eigenvalue weighted by Gasteiger charge is -2.25. The zero-order valence-corrected chi connectivity index (χ0v) is 17.4. The summed E-state index contributed by atoms with van der Waals surface area (Å²) in [5.74, 6) is 1.13. The van der Waals surface area contributed by atoms with Gasteiger partial charge in [0, 0.05) is 38.8 Å². The average molecular weight is 412 g/mol. The van der Waals surface area contributed by atoms with Gasteiger partial charge < -0.3 is 14.4 Å². The highest BCUT2D eigenvalue weighted by Crippen LogP contribution is 2.33. The zero-order valence-electron chi connectivity index (χ0n) is 16.6. The van der Waals surface area contributed by atoms with Crippen LogP contribution < -0.4 is 9.47 Å². The van der Waals surface area contributed by atoms with E-state index in [1.165, 1.54) is 10.4 Å². The molecular weight excluding hydrogens is 382 g/mol. The molecular formula is C19H29N3O5S. The van der Waals surface area contributed by atoms with Crippen LogP contribution in [0.2, 0.25) is 0 Å². The van der Waals surface area contributed by atoms with Crippen molar-refractivity contribution in [2.24, 2.45) is 0 Å². The van der Waals surface area contributed by atoms with E-state index in [2.05, 4.69) is 0 Å². The molecule has 8 nitrogen and oxygen atoms in total. The van der Waals surface area contributed by atoms with Crippen LogP contribution in [-0.2, 0) is 14.8 Å². The first-order chi connectivity index (χ1) is 13.5. The van der Waals surface area contributed by atoms with Gasteiger partial charge in [0.15, 0.2) is 11.5 Å². The Balaban J connectivity index is 1.66. The van der Waals surface area contributed by atoms with E-state index in [1.54, 1.807) is 17.0 Å². The van der Waals surface area contributed by atoms with Gasteiger partial charge in [-0.3, -0.25) is 9.69 Å². The van der Waals surface area contributed by atoms with Gasteiger partial charge in [0.05, 0.1) is 11.4 Å². The van der Waals surface area contributed by atoms with Gasteiger partial charge in [0.25, 0.3) is 0 Å². The number of sulfonamides is 1. The van der Waals surface area contributed by atoms with Crippen LogP contribution in [0, 0.1) is 0 Å². The van der Waals surface area contributed by atoms with Crippen LogP contribution in [0.5, 0.6) is 11.5 Å². The van der Waals surface area contributed by atoms with Crippen molar-refractivity contribution < 1.29 is 22.7 Å². The van der Waals surface area contributed by atoms with Gasteiger partial charge in [-0.2, -0.15) is 4.31 Å². The van der Waals surface area contributed by atoms with Crippen LogP contribution in [-0.4, -0.2) is 87.5 Å². The fourth-order valence-electron chi connectivity index (χ4n) is 3.55. The van der Waals surface area contributed by atoms with Crippen molar-refractivity contribution in [1.29, 1.82) is 0 Å². The number of carbonyl (C=O) groups is 1. The summed E-state index contributed by atoms with van der Waals surface area (Å²) in [5.41, 5.74) is 0. The Morgan fingerprint density at radius 3 is 2.46 bits per heavy atom. The topological polar surface area (TPSA) is 79.4 Å². The van der Waals surface area contributed by atoms with Gasteiger partial charge >= 0.3 is 0 Å². The van der Waals surface area contributed by atoms with E-state index in [1.807, 2.05) is 18.7 Å². The molecule has 0 atom stereocenters. The van der Waals surface area contributed by atoms with Crippen LogP contribution in [0.15, 0.2) is 23.1 Å². The molecule has 2 aliphatic heterocycles. The van der Waals surface area contributed by atoms with Gasteiger partial charge in [-0.05, 0) is 38.9 Å². The number of hydrogen-bond acceptors (Lipinski definition) is 6. The first-order valence-electron chi connectivity index (χ1n) is 9.85. The monoisotopic (exact) mass is 411 g/mol. The number of ether oxygens (including phenoxy) is 2. The molecule has 0 bridgehead atoms. The SMILES string of the molecule is CCN(CC)C(=O)CN1CCCN(S(=O)(=O)c2ccc3c(c2)OCCO3)CC1. The molecule has 0 N–H and O–H groups in total. The van der Waals surface area contributed by atoms with E-state index in [0.29, 0.717) is 76.9 Å². The molecule has 1 fully saturated rings. The molecule has 1 aromatic carbocycles. The van der Waals surface area contributed by atoms with Gasteiger partial charge in [0.1, 0.15) is 13.2 Å².